The Bertz CT molecular complexity index is 706. The predicted octanol–water partition coefficient (Wildman–Crippen LogP) is 4.23. The normalized spacial score (nSPS) is 18.3. The van der Waals surface area contributed by atoms with Gasteiger partial charge in [-0.1, -0.05) is 42.8 Å². The summed E-state index contributed by atoms with van der Waals surface area (Å²) < 4.78 is 13.9. The van der Waals surface area contributed by atoms with E-state index in [0.29, 0.717) is 11.3 Å². The summed E-state index contributed by atoms with van der Waals surface area (Å²) >= 11 is 0. The number of nitriles is 1. The van der Waals surface area contributed by atoms with Crippen molar-refractivity contribution in [2.75, 3.05) is 0 Å². The van der Waals surface area contributed by atoms with Crippen LogP contribution in [0.5, 0.6) is 0 Å². The van der Waals surface area contributed by atoms with Crippen LogP contribution in [0.4, 0.5) is 4.39 Å². The number of benzene rings is 1. The minimum absolute atomic E-state index is 0.273. The molecule has 1 aliphatic carbocycles. The third-order valence-electron chi connectivity index (χ3n) is 3.25. The molecule has 0 aliphatic heterocycles. The van der Waals surface area contributed by atoms with Crippen LogP contribution < -0.4 is 0 Å². The first-order chi connectivity index (χ1) is 10.2. The van der Waals surface area contributed by atoms with E-state index in [-0.39, 0.29) is 11.1 Å². The zero-order chi connectivity index (χ0) is 15.2. The highest BCUT2D eigenvalue weighted by atomic mass is 19.1. The van der Waals surface area contributed by atoms with Crippen LogP contribution in [0.3, 0.4) is 0 Å². The van der Waals surface area contributed by atoms with E-state index in [9.17, 15) is 9.65 Å². The topological polar surface area (TPSA) is 56.4 Å². The van der Waals surface area contributed by atoms with Crippen LogP contribution in [0.2, 0.25) is 0 Å². The Hall–Kier alpha value is -2.67. The van der Waals surface area contributed by atoms with Crippen LogP contribution >= 0.6 is 0 Å². The molecule has 0 bridgehead atoms. The fraction of sp³-hybridized carbons (Fsp3) is 0.176. The van der Waals surface area contributed by atoms with Crippen molar-refractivity contribution in [2.45, 2.75) is 19.8 Å². The molecule has 0 radical (unpaired) electrons. The van der Waals surface area contributed by atoms with E-state index in [0.717, 1.165) is 18.4 Å². The summed E-state index contributed by atoms with van der Waals surface area (Å²) in [5, 5.41) is 21.6. The van der Waals surface area contributed by atoms with Crippen LogP contribution in [0.1, 0.15) is 25.3 Å². The van der Waals surface area contributed by atoms with Crippen molar-refractivity contribution in [3.63, 3.8) is 0 Å². The summed E-state index contributed by atoms with van der Waals surface area (Å²) in [6.45, 7) is 2.01. The molecule has 106 valence electrons. The molecule has 21 heavy (non-hydrogen) atoms. The molecule has 1 aromatic rings. The lowest BCUT2D eigenvalue weighted by Crippen LogP contribution is -2.05. The first-order valence-electron chi connectivity index (χ1n) is 6.71. The highest BCUT2D eigenvalue weighted by Crippen LogP contribution is 2.27. The van der Waals surface area contributed by atoms with Gasteiger partial charge in [0.2, 0.25) is 0 Å². The molecule has 4 heteroatoms. The molecule has 0 spiro atoms. The molecule has 1 aromatic carbocycles. The maximum atomic E-state index is 13.9. The molecule has 1 aliphatic rings. The number of halogens is 1. The van der Waals surface area contributed by atoms with Gasteiger partial charge in [0.1, 0.15) is 17.6 Å². The van der Waals surface area contributed by atoms with E-state index in [1.54, 1.807) is 36.4 Å². The van der Waals surface area contributed by atoms with Crippen molar-refractivity contribution in [1.82, 2.24) is 0 Å². The van der Waals surface area contributed by atoms with Crippen molar-refractivity contribution in [3.8, 4) is 6.07 Å². The fourth-order valence-corrected chi connectivity index (χ4v) is 2.25. The quantitative estimate of drug-likeness (QED) is 0.512. The van der Waals surface area contributed by atoms with Crippen LogP contribution in [-0.4, -0.2) is 10.9 Å². The zero-order valence-electron chi connectivity index (χ0n) is 11.7. The largest absolute Gasteiger partial charge is 0.410 e. The highest BCUT2D eigenvalue weighted by molar-refractivity contribution is 6.10. The smallest absolute Gasteiger partial charge is 0.131 e. The van der Waals surface area contributed by atoms with Gasteiger partial charge in [-0.25, -0.2) is 4.39 Å². The molecular weight excluding hydrogens is 267 g/mol. The first-order valence-corrected chi connectivity index (χ1v) is 6.71. The second kappa shape index (κ2) is 6.67. The minimum Gasteiger partial charge on any atom is -0.410 e. The van der Waals surface area contributed by atoms with Crippen LogP contribution in [0.25, 0.3) is 5.57 Å². The summed E-state index contributed by atoms with van der Waals surface area (Å²) in [4.78, 5) is 0. The third kappa shape index (κ3) is 3.09. The van der Waals surface area contributed by atoms with Crippen molar-refractivity contribution >= 4 is 11.3 Å². The molecule has 0 saturated heterocycles. The highest BCUT2D eigenvalue weighted by Gasteiger charge is 2.15. The van der Waals surface area contributed by atoms with E-state index in [1.165, 1.54) is 6.07 Å². The minimum atomic E-state index is -0.429. The number of nitrogens with zero attached hydrogens (tertiary/aromatic N) is 2. The van der Waals surface area contributed by atoms with Gasteiger partial charge < -0.3 is 5.21 Å². The molecule has 0 heterocycles. The fourth-order valence-electron chi connectivity index (χ4n) is 2.25. The molecule has 0 unspecified atom stereocenters. The van der Waals surface area contributed by atoms with Crippen LogP contribution in [0.15, 0.2) is 58.8 Å². The van der Waals surface area contributed by atoms with Crippen molar-refractivity contribution in [2.24, 2.45) is 5.16 Å². The van der Waals surface area contributed by atoms with Gasteiger partial charge in [-0.2, -0.15) is 5.26 Å². The molecule has 0 amide bonds. The lowest BCUT2D eigenvalue weighted by Gasteiger charge is -2.13. The molecule has 0 fully saturated rings. The van der Waals surface area contributed by atoms with Gasteiger partial charge >= 0.3 is 0 Å². The second-order valence-corrected chi connectivity index (χ2v) is 4.66. The summed E-state index contributed by atoms with van der Waals surface area (Å²) in [5.74, 6) is -0.429. The molecule has 0 aromatic heterocycles. The number of hydrogen-bond donors (Lipinski definition) is 1. The maximum Gasteiger partial charge on any atom is 0.131 e. The Morgan fingerprint density at radius 3 is 2.71 bits per heavy atom. The van der Waals surface area contributed by atoms with Crippen LogP contribution in [-0.2, 0) is 0 Å². The van der Waals surface area contributed by atoms with Crippen molar-refractivity contribution in [1.29, 1.82) is 5.26 Å². The maximum absolute atomic E-state index is 13.9. The van der Waals surface area contributed by atoms with Gasteiger partial charge in [0.05, 0.1) is 5.57 Å². The summed E-state index contributed by atoms with van der Waals surface area (Å²) in [6, 6.07) is 8.26. The summed E-state index contributed by atoms with van der Waals surface area (Å²) in [5.41, 5.74) is 2.48. The van der Waals surface area contributed by atoms with Gasteiger partial charge in [0, 0.05) is 5.56 Å². The lowest BCUT2D eigenvalue weighted by atomic mass is 9.91. The number of oxime groups is 1. The molecular formula is C17H15FN2O. The van der Waals surface area contributed by atoms with Gasteiger partial charge in [-0.3, -0.25) is 0 Å². The average molecular weight is 282 g/mol. The van der Waals surface area contributed by atoms with E-state index in [4.69, 9.17) is 5.21 Å². The number of rotatable bonds is 3. The number of allylic oxidation sites excluding steroid dienone is 6. The Labute approximate surface area is 123 Å². The van der Waals surface area contributed by atoms with Gasteiger partial charge in [0.25, 0.3) is 0 Å². The number of hydrogen-bond acceptors (Lipinski definition) is 3. The van der Waals surface area contributed by atoms with Crippen molar-refractivity contribution in [3.05, 3.63) is 65.0 Å². The molecule has 0 atom stereocenters. The second-order valence-electron chi connectivity index (χ2n) is 4.66. The van der Waals surface area contributed by atoms with Gasteiger partial charge in [0.15, 0.2) is 0 Å². The molecule has 3 nitrogen and oxygen atoms in total. The zero-order valence-corrected chi connectivity index (χ0v) is 11.7. The van der Waals surface area contributed by atoms with E-state index in [1.807, 2.05) is 6.92 Å². The van der Waals surface area contributed by atoms with Gasteiger partial charge in [-0.15, -0.1) is 0 Å². The first kappa shape index (κ1) is 14.7. The summed E-state index contributed by atoms with van der Waals surface area (Å²) in [6.07, 6.45) is 6.69. The molecule has 1 N–H and O–H groups in total. The molecule has 0 saturated carbocycles. The van der Waals surface area contributed by atoms with Gasteiger partial charge in [-0.05, 0) is 35.8 Å². The summed E-state index contributed by atoms with van der Waals surface area (Å²) in [7, 11) is 0. The Morgan fingerprint density at radius 2 is 2.10 bits per heavy atom. The average Bonchev–Trinajstić information content (AvgIpc) is 2.50. The molecule has 2 rings (SSSR count). The van der Waals surface area contributed by atoms with E-state index >= 15 is 0 Å². The predicted molar refractivity (Wildman–Crippen MR) is 80.3 cm³/mol. The van der Waals surface area contributed by atoms with E-state index < -0.39 is 5.82 Å². The Morgan fingerprint density at radius 1 is 1.33 bits per heavy atom. The Balaban J connectivity index is 2.57. The SMILES string of the molecule is CCCC1=CC(=C(C#N)c2ccccc2F)C=CC1=NO. The van der Waals surface area contributed by atoms with E-state index in [2.05, 4.69) is 11.2 Å². The van der Waals surface area contributed by atoms with Crippen LogP contribution in [0, 0.1) is 17.1 Å². The lowest BCUT2D eigenvalue weighted by molar-refractivity contribution is 0.319. The monoisotopic (exact) mass is 282 g/mol. The van der Waals surface area contributed by atoms with Crippen molar-refractivity contribution < 1.29 is 9.60 Å². The third-order valence-corrected chi connectivity index (χ3v) is 3.25. The Kier molecular flexibility index (Phi) is 4.68. The standard InChI is InChI=1S/C17H15FN2O/c1-2-5-13-10-12(8-9-17(13)20-21)15(11-19)14-6-3-4-7-16(14)18/h3-4,6-10,21H,2,5H2,1H3.